The second kappa shape index (κ2) is 44.5. The zero-order valence-electron chi connectivity index (χ0n) is 40.8. The Morgan fingerprint density at radius 2 is 0.268 bits per heavy atom. The van der Waals surface area contributed by atoms with Gasteiger partial charge in [-0.1, -0.05) is 245 Å². The van der Waals surface area contributed by atoms with E-state index in [0.717, 1.165) is 0 Å². The quantitative estimate of drug-likeness (QED) is 0.0425. The van der Waals surface area contributed by atoms with E-state index in [1.165, 1.54) is 318 Å². The van der Waals surface area contributed by atoms with Gasteiger partial charge in [-0.15, -0.1) is 0 Å². The third-order valence-corrected chi connectivity index (χ3v) is 13.5. The molecular weight excluding hydrogens is 677 g/mol. The maximum atomic E-state index is 2.48. The smallest absolute Gasteiger partial charge is 0.0782 e. The van der Waals surface area contributed by atoms with Gasteiger partial charge in [0.05, 0.1) is 54.4 Å². The van der Waals surface area contributed by atoms with Crippen LogP contribution in [0.4, 0.5) is 0 Å². The van der Waals surface area contributed by atoms with Crippen molar-refractivity contribution >= 4 is 0 Å². The highest BCUT2D eigenvalue weighted by atomic mass is 15.3. The molecule has 0 bridgehead atoms. The fourth-order valence-electron chi connectivity index (χ4n) is 9.25. The molecule has 0 aromatic heterocycles. The van der Waals surface area contributed by atoms with Crippen LogP contribution in [0.2, 0.25) is 0 Å². The number of rotatable bonds is 49. The van der Waals surface area contributed by atoms with Gasteiger partial charge in [-0.25, -0.2) is 0 Å². The van der Waals surface area contributed by atoms with Crippen LogP contribution in [0.15, 0.2) is 0 Å². The van der Waals surface area contributed by atoms with Crippen LogP contribution in [-0.2, 0) is 0 Å². The SMILES string of the molecule is CCCCCCCCCCCCCCCCCCCCCC[N+](C)(C)CCCCCC[N+](C)(C)CCCCCCCCCCCCCCCCCCCCCC. The summed E-state index contributed by atoms with van der Waals surface area (Å²) in [5, 5.41) is 0. The molecule has 0 aliphatic rings. The first-order valence-electron chi connectivity index (χ1n) is 27.0. The molecule has 0 radical (unpaired) electrons. The van der Waals surface area contributed by atoms with E-state index in [9.17, 15) is 0 Å². The third kappa shape index (κ3) is 46.6. The van der Waals surface area contributed by atoms with E-state index in [4.69, 9.17) is 0 Å². The molecule has 2 heteroatoms. The van der Waals surface area contributed by atoms with E-state index >= 15 is 0 Å². The normalized spacial score (nSPS) is 12.3. The van der Waals surface area contributed by atoms with Crippen LogP contribution < -0.4 is 0 Å². The van der Waals surface area contributed by atoms with Gasteiger partial charge >= 0.3 is 0 Å². The molecule has 0 fully saturated rings. The van der Waals surface area contributed by atoms with Crippen molar-refractivity contribution in [1.29, 1.82) is 0 Å². The second-order valence-corrected chi connectivity index (χ2v) is 20.6. The van der Waals surface area contributed by atoms with Gasteiger partial charge in [-0.05, 0) is 51.4 Å². The molecule has 0 N–H and O–H groups in total. The van der Waals surface area contributed by atoms with E-state index in [-0.39, 0.29) is 0 Å². The van der Waals surface area contributed by atoms with E-state index in [0.29, 0.717) is 0 Å². The van der Waals surface area contributed by atoms with Crippen LogP contribution in [0.5, 0.6) is 0 Å². The first-order chi connectivity index (χ1) is 27.3. The Hall–Kier alpha value is -0.0800. The molecule has 0 atom stereocenters. The topological polar surface area (TPSA) is 0 Å². The number of hydrogen-bond acceptors (Lipinski definition) is 0. The third-order valence-electron chi connectivity index (χ3n) is 13.5. The first kappa shape index (κ1) is 55.9. The highest BCUT2D eigenvalue weighted by Crippen LogP contribution is 2.18. The number of unbranched alkanes of at least 4 members (excludes halogenated alkanes) is 41. The average Bonchev–Trinajstić information content (AvgIpc) is 3.17. The fraction of sp³-hybridized carbons (Fsp3) is 1.00. The summed E-state index contributed by atoms with van der Waals surface area (Å²) in [7, 11) is 9.93. The Kier molecular flexibility index (Phi) is 44.4. The number of hydrogen-bond donors (Lipinski definition) is 0. The molecule has 0 aliphatic heterocycles. The van der Waals surface area contributed by atoms with Gasteiger partial charge in [0.15, 0.2) is 0 Å². The Balaban J connectivity index is 3.41. The molecule has 0 aliphatic carbocycles. The Labute approximate surface area is 358 Å². The molecule has 0 aromatic rings. The van der Waals surface area contributed by atoms with Gasteiger partial charge in [0, 0.05) is 0 Å². The zero-order valence-corrected chi connectivity index (χ0v) is 40.8. The van der Waals surface area contributed by atoms with E-state index < -0.39 is 0 Å². The highest BCUT2D eigenvalue weighted by molar-refractivity contribution is 4.54. The zero-order chi connectivity index (χ0) is 40.9. The van der Waals surface area contributed by atoms with Crippen molar-refractivity contribution in [1.82, 2.24) is 0 Å². The fourth-order valence-corrected chi connectivity index (χ4v) is 9.25. The lowest BCUT2D eigenvalue weighted by Crippen LogP contribution is -2.41. The maximum Gasteiger partial charge on any atom is 0.0782 e. The van der Waals surface area contributed by atoms with Crippen molar-refractivity contribution in [2.75, 3.05) is 54.4 Å². The molecule has 0 rings (SSSR count). The predicted molar refractivity (Wildman–Crippen MR) is 258 cm³/mol. The summed E-state index contributed by atoms with van der Waals surface area (Å²) in [6, 6.07) is 0. The van der Waals surface area contributed by atoms with Crippen LogP contribution >= 0.6 is 0 Å². The van der Waals surface area contributed by atoms with Crippen LogP contribution in [0.1, 0.15) is 296 Å². The largest absolute Gasteiger partial charge is 0.328 e. The molecule has 0 spiro atoms. The minimum atomic E-state index is 1.24. The molecular formula is C54H114N2+2. The summed E-state index contributed by atoms with van der Waals surface area (Å²) < 4.78 is 2.47. The lowest BCUT2D eigenvalue weighted by molar-refractivity contribution is -0.891. The molecule has 0 heterocycles. The van der Waals surface area contributed by atoms with Gasteiger partial charge in [-0.2, -0.15) is 0 Å². The van der Waals surface area contributed by atoms with Crippen molar-refractivity contribution < 1.29 is 8.97 Å². The lowest BCUT2D eigenvalue weighted by atomic mass is 10.0. The molecule has 0 amide bonds. The predicted octanol–water partition coefficient (Wildman–Crippen LogP) is 18.3. The second-order valence-electron chi connectivity index (χ2n) is 20.6. The van der Waals surface area contributed by atoms with Crippen LogP contribution in [0, 0.1) is 0 Å². The van der Waals surface area contributed by atoms with Gasteiger partial charge in [0.1, 0.15) is 0 Å². The minimum absolute atomic E-state index is 1.24. The van der Waals surface area contributed by atoms with Gasteiger partial charge in [-0.3, -0.25) is 0 Å². The summed E-state index contributed by atoms with van der Waals surface area (Å²) in [5.74, 6) is 0. The minimum Gasteiger partial charge on any atom is -0.328 e. The first-order valence-corrected chi connectivity index (χ1v) is 27.0. The molecule has 0 aromatic carbocycles. The van der Waals surface area contributed by atoms with Crippen LogP contribution in [0.3, 0.4) is 0 Å². The van der Waals surface area contributed by atoms with Crippen LogP contribution in [0.25, 0.3) is 0 Å². The highest BCUT2D eigenvalue weighted by Gasteiger charge is 2.16. The number of nitrogens with zero attached hydrogens (tertiary/aromatic N) is 2. The lowest BCUT2D eigenvalue weighted by Gasteiger charge is -2.31. The maximum absolute atomic E-state index is 2.48. The van der Waals surface area contributed by atoms with Crippen molar-refractivity contribution in [2.45, 2.75) is 296 Å². The Bertz CT molecular complexity index is 653. The summed E-state index contributed by atoms with van der Waals surface area (Å²) in [5.41, 5.74) is 0. The monoisotopic (exact) mass is 791 g/mol. The Morgan fingerprint density at radius 3 is 0.393 bits per heavy atom. The van der Waals surface area contributed by atoms with E-state index in [1.807, 2.05) is 0 Å². The molecule has 0 saturated heterocycles. The van der Waals surface area contributed by atoms with E-state index in [1.54, 1.807) is 0 Å². The Morgan fingerprint density at radius 1 is 0.161 bits per heavy atom. The summed E-state index contributed by atoms with van der Waals surface area (Å²) in [4.78, 5) is 0. The summed E-state index contributed by atoms with van der Waals surface area (Å²) in [6.45, 7) is 10.1. The van der Waals surface area contributed by atoms with Crippen molar-refractivity contribution in [3.63, 3.8) is 0 Å². The molecule has 0 unspecified atom stereocenters. The van der Waals surface area contributed by atoms with Gasteiger partial charge < -0.3 is 8.97 Å². The number of quaternary nitrogens is 2. The van der Waals surface area contributed by atoms with Crippen molar-refractivity contribution in [3.05, 3.63) is 0 Å². The van der Waals surface area contributed by atoms with Gasteiger partial charge in [0.25, 0.3) is 0 Å². The van der Waals surface area contributed by atoms with Gasteiger partial charge in [0.2, 0.25) is 0 Å². The van der Waals surface area contributed by atoms with Crippen molar-refractivity contribution in [2.24, 2.45) is 0 Å². The standard InChI is InChI=1S/C54H114N2/c1-7-9-11-13-15-17-19-21-23-25-27-29-31-33-35-37-39-41-43-47-51-55(3,4)53-49-45-46-50-54-56(5,6)52-48-44-42-40-38-36-34-32-30-28-26-24-22-20-18-16-14-12-10-8-2/h7-54H2,1-6H3/q+2. The molecule has 56 heavy (non-hydrogen) atoms. The summed E-state index contributed by atoms with van der Waals surface area (Å²) >= 11 is 0. The average molecular weight is 792 g/mol. The molecule has 0 saturated carbocycles. The van der Waals surface area contributed by atoms with Crippen LogP contribution in [-0.4, -0.2) is 63.3 Å². The summed E-state index contributed by atoms with van der Waals surface area (Å²) in [6.07, 6.45) is 64.5. The molecule has 338 valence electrons. The molecule has 2 nitrogen and oxygen atoms in total. The van der Waals surface area contributed by atoms with E-state index in [2.05, 4.69) is 42.0 Å². The van der Waals surface area contributed by atoms with Crippen molar-refractivity contribution in [3.8, 4) is 0 Å².